The third kappa shape index (κ3) is 5.19. The number of hydrogen-bond acceptors (Lipinski definition) is 2. The van der Waals surface area contributed by atoms with Crippen molar-refractivity contribution in [3.63, 3.8) is 0 Å². The Labute approximate surface area is 141 Å². The van der Waals surface area contributed by atoms with E-state index in [2.05, 4.69) is 10.6 Å². The van der Waals surface area contributed by atoms with Crippen LogP contribution in [0.25, 0.3) is 0 Å². The second kappa shape index (κ2) is 8.24. The quantitative estimate of drug-likeness (QED) is 0.840. The van der Waals surface area contributed by atoms with Crippen molar-refractivity contribution in [2.45, 2.75) is 33.1 Å². The van der Waals surface area contributed by atoms with Gasteiger partial charge in [-0.15, -0.1) is 0 Å². The zero-order valence-corrected chi connectivity index (χ0v) is 13.9. The molecule has 2 aromatic carbocycles. The molecule has 0 saturated carbocycles. The van der Waals surface area contributed by atoms with Crippen LogP contribution >= 0.6 is 0 Å². The maximum absolute atomic E-state index is 13.1. The van der Waals surface area contributed by atoms with Gasteiger partial charge in [0.15, 0.2) is 0 Å². The van der Waals surface area contributed by atoms with Gasteiger partial charge in [0.1, 0.15) is 5.82 Å². The number of benzene rings is 2. The Bertz CT molecular complexity index is 744. The summed E-state index contributed by atoms with van der Waals surface area (Å²) in [5.74, 6) is -0.535. The first kappa shape index (κ1) is 17.7. The molecule has 0 radical (unpaired) electrons. The monoisotopic (exact) mass is 328 g/mol. The zero-order chi connectivity index (χ0) is 17.5. The lowest BCUT2D eigenvalue weighted by molar-refractivity contribution is -0.116. The van der Waals surface area contributed by atoms with Crippen molar-refractivity contribution >= 4 is 23.2 Å². The van der Waals surface area contributed by atoms with Crippen LogP contribution in [0.3, 0.4) is 0 Å². The molecule has 0 aliphatic carbocycles. The molecule has 0 aliphatic heterocycles. The van der Waals surface area contributed by atoms with Gasteiger partial charge < -0.3 is 10.6 Å². The first-order valence-corrected chi connectivity index (χ1v) is 7.92. The molecule has 0 unspecified atom stereocenters. The van der Waals surface area contributed by atoms with Gasteiger partial charge in [0.05, 0.1) is 0 Å². The van der Waals surface area contributed by atoms with Crippen LogP contribution in [0.4, 0.5) is 15.8 Å². The number of amides is 2. The Kier molecular flexibility index (Phi) is 6.07. The molecule has 24 heavy (non-hydrogen) atoms. The second-order valence-corrected chi connectivity index (χ2v) is 5.61. The molecule has 0 saturated heterocycles. The highest BCUT2D eigenvalue weighted by Gasteiger charge is 2.08. The topological polar surface area (TPSA) is 58.2 Å². The molecule has 5 heteroatoms. The van der Waals surface area contributed by atoms with Crippen molar-refractivity contribution < 1.29 is 14.0 Å². The minimum Gasteiger partial charge on any atom is -0.326 e. The Morgan fingerprint density at radius 3 is 2.54 bits per heavy atom. The average molecular weight is 328 g/mol. The van der Waals surface area contributed by atoms with Gasteiger partial charge in [-0.1, -0.05) is 25.1 Å². The van der Waals surface area contributed by atoms with Gasteiger partial charge in [-0.05, 0) is 48.7 Å². The van der Waals surface area contributed by atoms with E-state index in [0.717, 1.165) is 11.1 Å². The largest absolute Gasteiger partial charge is 0.326 e. The molecule has 4 nitrogen and oxygen atoms in total. The lowest BCUT2D eigenvalue weighted by Crippen LogP contribution is -2.14. The molecule has 0 aliphatic rings. The van der Waals surface area contributed by atoms with Crippen molar-refractivity contribution in [2.24, 2.45) is 0 Å². The van der Waals surface area contributed by atoms with E-state index in [1.807, 2.05) is 13.0 Å². The molecule has 2 N–H and O–H groups in total. The van der Waals surface area contributed by atoms with Crippen molar-refractivity contribution in [1.82, 2.24) is 0 Å². The summed E-state index contributed by atoms with van der Waals surface area (Å²) >= 11 is 0. The third-order valence-electron chi connectivity index (χ3n) is 3.65. The van der Waals surface area contributed by atoms with Gasteiger partial charge in [0.25, 0.3) is 0 Å². The molecule has 0 aromatic heterocycles. The molecule has 2 rings (SSSR count). The zero-order valence-electron chi connectivity index (χ0n) is 13.9. The Hall–Kier alpha value is -2.69. The summed E-state index contributed by atoms with van der Waals surface area (Å²) in [6.07, 6.45) is 1.12. The summed E-state index contributed by atoms with van der Waals surface area (Å²) in [5, 5.41) is 5.61. The highest BCUT2D eigenvalue weighted by atomic mass is 19.1. The summed E-state index contributed by atoms with van der Waals surface area (Å²) in [6, 6.07) is 11.6. The van der Waals surface area contributed by atoms with Gasteiger partial charge in [-0.3, -0.25) is 9.59 Å². The molecule has 0 heterocycles. The van der Waals surface area contributed by atoms with Crippen LogP contribution in [-0.4, -0.2) is 11.8 Å². The number of rotatable bonds is 6. The van der Waals surface area contributed by atoms with Crippen molar-refractivity contribution in [1.29, 1.82) is 0 Å². The molecule has 2 amide bonds. The maximum atomic E-state index is 13.1. The van der Waals surface area contributed by atoms with E-state index in [9.17, 15) is 14.0 Å². The van der Waals surface area contributed by atoms with Crippen molar-refractivity contribution in [3.05, 3.63) is 59.4 Å². The van der Waals surface area contributed by atoms with Crippen LogP contribution in [0.15, 0.2) is 42.5 Å². The standard InChI is InChI=1S/C19H21FN2O2/c1-3-18(23)21-16-9-7-13(2)17(12-16)22-19(24)10-8-14-5-4-6-15(20)11-14/h4-7,9,11-12H,3,8,10H2,1-2H3,(H,21,23)(H,22,24). The van der Waals surface area contributed by atoms with Crippen LogP contribution in [0.2, 0.25) is 0 Å². The highest BCUT2D eigenvalue weighted by molar-refractivity contribution is 5.94. The lowest BCUT2D eigenvalue weighted by atomic mass is 10.1. The minimum absolute atomic E-state index is 0.0813. The van der Waals surface area contributed by atoms with Crippen LogP contribution in [-0.2, 0) is 16.0 Å². The fourth-order valence-corrected chi connectivity index (χ4v) is 2.25. The van der Waals surface area contributed by atoms with E-state index >= 15 is 0 Å². The Morgan fingerprint density at radius 1 is 1.04 bits per heavy atom. The van der Waals surface area contributed by atoms with Crippen LogP contribution in [0.1, 0.15) is 30.9 Å². The minimum atomic E-state index is -0.303. The average Bonchev–Trinajstić information content (AvgIpc) is 2.56. The maximum Gasteiger partial charge on any atom is 0.224 e. The first-order valence-electron chi connectivity index (χ1n) is 7.92. The summed E-state index contributed by atoms with van der Waals surface area (Å²) in [5.41, 5.74) is 3.00. The van der Waals surface area contributed by atoms with Crippen LogP contribution in [0.5, 0.6) is 0 Å². The molecular formula is C19H21FN2O2. The highest BCUT2D eigenvalue weighted by Crippen LogP contribution is 2.21. The van der Waals surface area contributed by atoms with E-state index < -0.39 is 0 Å². The van der Waals surface area contributed by atoms with E-state index in [4.69, 9.17) is 0 Å². The molecule has 2 aromatic rings. The fraction of sp³-hybridized carbons (Fsp3) is 0.263. The number of aryl methyl sites for hydroxylation is 2. The number of carbonyl (C=O) groups is 2. The predicted molar refractivity (Wildman–Crippen MR) is 93.5 cm³/mol. The molecular weight excluding hydrogens is 307 g/mol. The summed E-state index contributed by atoms with van der Waals surface area (Å²) < 4.78 is 13.1. The van der Waals surface area contributed by atoms with Crippen LogP contribution < -0.4 is 10.6 Å². The number of halogens is 1. The normalized spacial score (nSPS) is 10.3. The number of carbonyl (C=O) groups excluding carboxylic acids is 2. The van der Waals surface area contributed by atoms with Crippen molar-refractivity contribution in [3.8, 4) is 0 Å². The fourth-order valence-electron chi connectivity index (χ4n) is 2.25. The summed E-state index contributed by atoms with van der Waals surface area (Å²) in [7, 11) is 0. The van der Waals surface area contributed by atoms with Gasteiger partial charge in [-0.2, -0.15) is 0 Å². The van der Waals surface area contributed by atoms with Crippen molar-refractivity contribution in [2.75, 3.05) is 10.6 Å². The summed E-state index contributed by atoms with van der Waals surface area (Å²) in [6.45, 7) is 3.66. The SMILES string of the molecule is CCC(=O)Nc1ccc(C)c(NC(=O)CCc2cccc(F)c2)c1. The summed E-state index contributed by atoms with van der Waals surface area (Å²) in [4.78, 5) is 23.6. The molecule has 126 valence electrons. The Morgan fingerprint density at radius 2 is 1.83 bits per heavy atom. The predicted octanol–water partition coefficient (Wildman–Crippen LogP) is 4.05. The molecule has 0 bridgehead atoms. The number of hydrogen-bond donors (Lipinski definition) is 2. The number of anilines is 2. The van der Waals surface area contributed by atoms with E-state index in [-0.39, 0.29) is 24.1 Å². The molecule has 0 fully saturated rings. The van der Waals surface area contributed by atoms with E-state index in [1.165, 1.54) is 12.1 Å². The Balaban J connectivity index is 1.97. The van der Waals surface area contributed by atoms with Crippen LogP contribution in [0, 0.1) is 12.7 Å². The van der Waals surface area contributed by atoms with E-state index in [0.29, 0.717) is 24.2 Å². The van der Waals surface area contributed by atoms with Gasteiger partial charge in [-0.25, -0.2) is 4.39 Å². The molecule has 0 atom stereocenters. The van der Waals surface area contributed by atoms with Gasteiger partial charge in [0.2, 0.25) is 11.8 Å². The number of nitrogens with one attached hydrogen (secondary N) is 2. The smallest absolute Gasteiger partial charge is 0.224 e. The van der Waals surface area contributed by atoms with Gasteiger partial charge >= 0.3 is 0 Å². The second-order valence-electron chi connectivity index (χ2n) is 5.61. The third-order valence-corrected chi connectivity index (χ3v) is 3.65. The van der Waals surface area contributed by atoms with E-state index in [1.54, 1.807) is 31.2 Å². The van der Waals surface area contributed by atoms with Gasteiger partial charge in [0, 0.05) is 24.2 Å². The molecule has 0 spiro atoms. The lowest BCUT2D eigenvalue weighted by Gasteiger charge is -2.11. The first-order chi connectivity index (χ1) is 11.5.